The first kappa shape index (κ1) is 23.0. The normalized spacial score (nSPS) is 18.4. The molecule has 0 spiro atoms. The van der Waals surface area contributed by atoms with E-state index >= 15 is 0 Å². The SMILES string of the molecule is C[C@@H](CCC(C)(C)C(=O)N1CCC(C(C)(C)C)CC1)c1cc(C(C)(C)C)n[nH]1. The molecule has 0 aromatic carbocycles. The third-order valence-electron chi connectivity index (χ3n) is 6.69. The van der Waals surface area contributed by atoms with E-state index < -0.39 is 0 Å². The standard InChI is InChI=1S/C24H43N3O/c1-17(19-16-20(26-25-19)23(5,6)7)10-13-24(8,9)21(28)27-14-11-18(12-15-27)22(2,3)4/h16-18H,10-15H2,1-9H3,(H,25,26)/t17-/m0/s1. The fraction of sp³-hybridized carbons (Fsp3) is 0.833. The number of hydrogen-bond acceptors (Lipinski definition) is 2. The van der Waals surface area contributed by atoms with Gasteiger partial charge in [-0.05, 0) is 49.0 Å². The van der Waals surface area contributed by atoms with Crippen molar-refractivity contribution in [3.8, 4) is 0 Å². The van der Waals surface area contributed by atoms with Crippen molar-refractivity contribution in [3.05, 3.63) is 17.5 Å². The summed E-state index contributed by atoms with van der Waals surface area (Å²) >= 11 is 0. The third kappa shape index (κ3) is 5.61. The van der Waals surface area contributed by atoms with Crippen molar-refractivity contribution < 1.29 is 4.79 Å². The molecule has 1 N–H and O–H groups in total. The lowest BCUT2D eigenvalue weighted by Crippen LogP contribution is -2.46. The van der Waals surface area contributed by atoms with Crippen LogP contribution in [0.4, 0.5) is 0 Å². The van der Waals surface area contributed by atoms with E-state index in [1.54, 1.807) is 0 Å². The highest BCUT2D eigenvalue weighted by Crippen LogP contribution is 2.37. The van der Waals surface area contributed by atoms with Crippen molar-refractivity contribution in [2.45, 2.75) is 99.3 Å². The molecule has 1 saturated heterocycles. The molecule has 4 heteroatoms. The molecule has 1 aliphatic heterocycles. The Morgan fingerprint density at radius 1 is 1.14 bits per heavy atom. The number of likely N-dealkylation sites (tertiary alicyclic amines) is 1. The number of rotatable bonds is 5. The molecule has 0 bridgehead atoms. The Hall–Kier alpha value is -1.32. The minimum absolute atomic E-state index is 0.0584. The zero-order valence-corrected chi connectivity index (χ0v) is 19.8. The van der Waals surface area contributed by atoms with Gasteiger partial charge < -0.3 is 4.90 Å². The molecule has 160 valence electrons. The van der Waals surface area contributed by atoms with Gasteiger partial charge in [-0.2, -0.15) is 5.10 Å². The van der Waals surface area contributed by atoms with Crippen LogP contribution in [0.1, 0.15) is 105 Å². The second-order valence-corrected chi connectivity index (χ2v) is 11.7. The molecule has 2 rings (SSSR count). The number of H-pyrrole nitrogens is 1. The van der Waals surface area contributed by atoms with E-state index in [0.29, 0.717) is 17.2 Å². The average molecular weight is 390 g/mol. The summed E-state index contributed by atoms with van der Waals surface area (Å²) in [7, 11) is 0. The van der Waals surface area contributed by atoms with Gasteiger partial charge in [0.05, 0.1) is 5.69 Å². The summed E-state index contributed by atoms with van der Waals surface area (Å²) in [5, 5.41) is 7.70. The predicted molar refractivity (Wildman–Crippen MR) is 117 cm³/mol. The first-order valence-corrected chi connectivity index (χ1v) is 11.1. The molecule has 1 aromatic rings. The predicted octanol–water partition coefficient (Wildman–Crippen LogP) is 5.90. The molecule has 1 fully saturated rings. The first-order chi connectivity index (χ1) is 12.7. The molecule has 2 heterocycles. The molecular formula is C24H43N3O. The minimum atomic E-state index is -0.310. The van der Waals surface area contributed by atoms with Gasteiger partial charge in [-0.1, -0.05) is 62.3 Å². The van der Waals surface area contributed by atoms with Crippen LogP contribution in [-0.4, -0.2) is 34.1 Å². The summed E-state index contributed by atoms with van der Waals surface area (Å²) in [5.41, 5.74) is 2.37. The Bertz CT molecular complexity index is 652. The Balaban J connectivity index is 1.90. The van der Waals surface area contributed by atoms with Crippen molar-refractivity contribution in [1.29, 1.82) is 0 Å². The van der Waals surface area contributed by atoms with Crippen LogP contribution in [0.3, 0.4) is 0 Å². The van der Waals surface area contributed by atoms with Crippen LogP contribution >= 0.6 is 0 Å². The number of aromatic amines is 1. The highest BCUT2D eigenvalue weighted by Gasteiger charge is 2.36. The number of nitrogens with one attached hydrogen (secondary N) is 1. The Labute approximate surface area is 172 Å². The number of amides is 1. The van der Waals surface area contributed by atoms with E-state index in [2.05, 4.69) is 83.5 Å². The average Bonchev–Trinajstić information content (AvgIpc) is 3.09. The summed E-state index contributed by atoms with van der Waals surface area (Å²) in [6.45, 7) is 21.8. The molecule has 1 atom stereocenters. The molecule has 1 aromatic heterocycles. The molecule has 0 unspecified atom stereocenters. The zero-order valence-electron chi connectivity index (χ0n) is 19.8. The lowest BCUT2D eigenvalue weighted by atomic mass is 9.74. The smallest absolute Gasteiger partial charge is 0.228 e. The maximum atomic E-state index is 13.2. The van der Waals surface area contributed by atoms with E-state index in [1.165, 1.54) is 5.69 Å². The molecule has 1 amide bonds. The van der Waals surface area contributed by atoms with Crippen molar-refractivity contribution in [3.63, 3.8) is 0 Å². The second-order valence-electron chi connectivity index (χ2n) is 11.7. The molecule has 28 heavy (non-hydrogen) atoms. The van der Waals surface area contributed by atoms with Crippen molar-refractivity contribution in [2.24, 2.45) is 16.7 Å². The summed E-state index contributed by atoms with van der Waals surface area (Å²) in [6.07, 6.45) is 4.15. The van der Waals surface area contributed by atoms with Crippen molar-refractivity contribution >= 4 is 5.91 Å². The first-order valence-electron chi connectivity index (χ1n) is 11.1. The lowest BCUT2D eigenvalue weighted by molar-refractivity contribution is -0.142. The summed E-state index contributed by atoms with van der Waals surface area (Å²) in [5.74, 6) is 1.42. The minimum Gasteiger partial charge on any atom is -0.342 e. The van der Waals surface area contributed by atoms with Crippen LogP contribution in [-0.2, 0) is 10.2 Å². The van der Waals surface area contributed by atoms with E-state index in [9.17, 15) is 4.79 Å². The van der Waals surface area contributed by atoms with Gasteiger partial charge in [0.25, 0.3) is 0 Å². The molecule has 0 aliphatic carbocycles. The van der Waals surface area contributed by atoms with E-state index in [4.69, 9.17) is 0 Å². The topological polar surface area (TPSA) is 49.0 Å². The largest absolute Gasteiger partial charge is 0.342 e. The Morgan fingerprint density at radius 2 is 1.71 bits per heavy atom. The van der Waals surface area contributed by atoms with Crippen LogP contribution in [0.2, 0.25) is 0 Å². The molecule has 0 saturated carbocycles. The monoisotopic (exact) mass is 389 g/mol. The van der Waals surface area contributed by atoms with Gasteiger partial charge in [0.15, 0.2) is 0 Å². The number of aromatic nitrogens is 2. The molecule has 1 aliphatic rings. The highest BCUT2D eigenvalue weighted by molar-refractivity contribution is 5.82. The van der Waals surface area contributed by atoms with E-state index in [0.717, 1.165) is 50.4 Å². The van der Waals surface area contributed by atoms with Gasteiger partial charge in [0.2, 0.25) is 5.91 Å². The van der Waals surface area contributed by atoms with E-state index in [1.807, 2.05) is 0 Å². The maximum absolute atomic E-state index is 13.2. The van der Waals surface area contributed by atoms with Crippen LogP contribution in [0, 0.1) is 16.7 Å². The Kier molecular flexibility index (Phi) is 6.72. The number of piperidine rings is 1. The summed E-state index contributed by atoms with van der Waals surface area (Å²) in [6, 6.07) is 2.19. The molecular weight excluding hydrogens is 346 g/mol. The van der Waals surface area contributed by atoms with Gasteiger partial charge in [0, 0.05) is 29.6 Å². The van der Waals surface area contributed by atoms with E-state index in [-0.39, 0.29) is 10.8 Å². The zero-order chi connectivity index (χ0) is 21.3. The number of carbonyl (C=O) groups excluding carboxylic acids is 1. The Morgan fingerprint density at radius 3 is 2.18 bits per heavy atom. The summed E-state index contributed by atoms with van der Waals surface area (Å²) in [4.78, 5) is 15.3. The number of carbonyl (C=O) groups is 1. The highest BCUT2D eigenvalue weighted by atomic mass is 16.2. The van der Waals surface area contributed by atoms with Gasteiger partial charge in [-0.3, -0.25) is 9.89 Å². The second kappa shape index (κ2) is 8.20. The van der Waals surface area contributed by atoms with Crippen LogP contribution < -0.4 is 0 Å². The number of hydrogen-bond donors (Lipinski definition) is 1. The molecule has 4 nitrogen and oxygen atoms in total. The third-order valence-corrected chi connectivity index (χ3v) is 6.69. The fourth-order valence-corrected chi connectivity index (χ4v) is 4.19. The lowest BCUT2D eigenvalue weighted by Gasteiger charge is -2.41. The maximum Gasteiger partial charge on any atom is 0.228 e. The van der Waals surface area contributed by atoms with Crippen LogP contribution in [0.5, 0.6) is 0 Å². The molecule has 0 radical (unpaired) electrons. The van der Waals surface area contributed by atoms with Gasteiger partial charge >= 0.3 is 0 Å². The van der Waals surface area contributed by atoms with Crippen molar-refractivity contribution in [2.75, 3.05) is 13.1 Å². The van der Waals surface area contributed by atoms with Crippen LogP contribution in [0.15, 0.2) is 6.07 Å². The quantitative estimate of drug-likeness (QED) is 0.681. The van der Waals surface area contributed by atoms with Gasteiger partial charge in [-0.15, -0.1) is 0 Å². The number of nitrogens with zero attached hydrogens (tertiary/aromatic N) is 2. The summed E-state index contributed by atoms with van der Waals surface area (Å²) < 4.78 is 0. The van der Waals surface area contributed by atoms with Gasteiger partial charge in [-0.25, -0.2) is 0 Å². The van der Waals surface area contributed by atoms with Crippen molar-refractivity contribution in [1.82, 2.24) is 15.1 Å². The van der Waals surface area contributed by atoms with Crippen LogP contribution in [0.25, 0.3) is 0 Å². The fourth-order valence-electron chi connectivity index (χ4n) is 4.19. The van der Waals surface area contributed by atoms with Gasteiger partial charge in [0.1, 0.15) is 0 Å².